The van der Waals surface area contributed by atoms with Crippen LogP contribution in [0.15, 0.2) is 28.2 Å². The van der Waals surface area contributed by atoms with Gasteiger partial charge in [-0.05, 0) is 12.1 Å². The zero-order chi connectivity index (χ0) is 19.1. The number of benzene rings is 1. The summed E-state index contributed by atoms with van der Waals surface area (Å²) in [7, 11) is 5.82. The lowest BCUT2D eigenvalue weighted by molar-refractivity contribution is -0.135. The zero-order valence-electron chi connectivity index (χ0n) is 14.7. The van der Waals surface area contributed by atoms with Gasteiger partial charge >= 0.3 is 5.97 Å². The van der Waals surface area contributed by atoms with Crippen molar-refractivity contribution in [1.29, 1.82) is 0 Å². The highest BCUT2D eigenvalue weighted by molar-refractivity contribution is 8.05. The van der Waals surface area contributed by atoms with Crippen LogP contribution in [0.3, 0.4) is 0 Å². The number of rotatable bonds is 7. The maximum Gasteiger partial charge on any atom is 0.331 e. The van der Waals surface area contributed by atoms with Crippen molar-refractivity contribution in [2.24, 2.45) is 5.10 Å². The second-order valence-electron chi connectivity index (χ2n) is 4.85. The van der Waals surface area contributed by atoms with E-state index in [1.165, 1.54) is 28.4 Å². The Labute approximate surface area is 154 Å². The van der Waals surface area contributed by atoms with Gasteiger partial charge in [-0.3, -0.25) is 10.2 Å². The fourth-order valence-electron chi connectivity index (χ4n) is 2.08. The Bertz CT molecular complexity index is 724. The normalized spacial score (nSPS) is 17.9. The van der Waals surface area contributed by atoms with Gasteiger partial charge in [0.05, 0.1) is 39.6 Å². The molecule has 1 heterocycles. The summed E-state index contributed by atoms with van der Waals surface area (Å²) in [5.41, 5.74) is 2.98. The highest BCUT2D eigenvalue weighted by Crippen LogP contribution is 2.37. The lowest BCUT2D eigenvalue weighted by Gasteiger charge is -2.13. The van der Waals surface area contributed by atoms with Crippen molar-refractivity contribution >= 4 is 29.9 Å². The predicted molar refractivity (Wildman–Crippen MR) is 96.4 cm³/mol. The Kier molecular flexibility index (Phi) is 6.73. The van der Waals surface area contributed by atoms with Gasteiger partial charge in [0.25, 0.3) is 5.91 Å². The first-order valence-electron chi connectivity index (χ1n) is 7.38. The van der Waals surface area contributed by atoms with Gasteiger partial charge in [0.1, 0.15) is 0 Å². The average Bonchev–Trinajstić information content (AvgIpc) is 2.99. The number of amides is 1. The standard InChI is InChI=1S/C16H19N3O6S/c1-22-10-5-9(6-11(23-2)14(10)25-4)8-17-19-16-18-15(21)12(26-16)7-13(20)24-3/h5-8,16,19H,1-4H3,(H,18,21)/b12-7-,17-8+. The first-order valence-corrected chi connectivity index (χ1v) is 8.26. The number of hydrogen-bond acceptors (Lipinski definition) is 9. The molecule has 9 nitrogen and oxygen atoms in total. The Morgan fingerprint density at radius 3 is 2.38 bits per heavy atom. The highest BCUT2D eigenvalue weighted by Gasteiger charge is 2.27. The number of nitrogens with one attached hydrogen (secondary N) is 2. The minimum absolute atomic E-state index is 0.248. The van der Waals surface area contributed by atoms with Gasteiger partial charge in [-0.2, -0.15) is 5.10 Å². The van der Waals surface area contributed by atoms with Crippen LogP contribution in [-0.2, 0) is 14.3 Å². The van der Waals surface area contributed by atoms with E-state index in [0.29, 0.717) is 22.8 Å². The summed E-state index contributed by atoms with van der Waals surface area (Å²) in [5, 5.41) is 6.73. The van der Waals surface area contributed by atoms with Crippen LogP contribution < -0.4 is 25.0 Å². The summed E-state index contributed by atoms with van der Waals surface area (Å²) in [5.74, 6) is 0.515. The molecule has 0 spiro atoms. The highest BCUT2D eigenvalue weighted by atomic mass is 32.2. The lowest BCUT2D eigenvalue weighted by atomic mass is 10.2. The van der Waals surface area contributed by atoms with E-state index in [0.717, 1.165) is 17.8 Å². The van der Waals surface area contributed by atoms with E-state index in [-0.39, 0.29) is 10.8 Å². The molecule has 1 fully saturated rings. The van der Waals surface area contributed by atoms with Gasteiger partial charge in [0.2, 0.25) is 5.75 Å². The molecule has 0 radical (unpaired) electrons. The molecule has 140 valence electrons. The van der Waals surface area contributed by atoms with Crippen LogP contribution >= 0.6 is 11.8 Å². The molecule has 1 aliphatic heterocycles. The number of esters is 1. The molecule has 0 saturated carbocycles. The van der Waals surface area contributed by atoms with Crippen molar-refractivity contribution in [1.82, 2.24) is 10.7 Å². The van der Waals surface area contributed by atoms with Gasteiger partial charge in [-0.15, -0.1) is 0 Å². The first-order chi connectivity index (χ1) is 12.5. The third kappa shape index (κ3) is 4.60. The fourth-order valence-corrected chi connectivity index (χ4v) is 2.94. The summed E-state index contributed by atoms with van der Waals surface area (Å²) < 4.78 is 20.3. The summed E-state index contributed by atoms with van der Waals surface area (Å²) in [6.45, 7) is 0. The summed E-state index contributed by atoms with van der Waals surface area (Å²) in [6.07, 6.45) is 2.67. The van der Waals surface area contributed by atoms with Gasteiger partial charge in [-0.25, -0.2) is 4.79 Å². The molecule has 1 aromatic carbocycles. The van der Waals surface area contributed by atoms with Crippen LogP contribution in [0.4, 0.5) is 0 Å². The number of methoxy groups -OCH3 is 4. The van der Waals surface area contributed by atoms with Crippen LogP contribution in [0.25, 0.3) is 0 Å². The monoisotopic (exact) mass is 381 g/mol. The van der Waals surface area contributed by atoms with Crippen molar-refractivity contribution in [2.75, 3.05) is 28.4 Å². The summed E-state index contributed by atoms with van der Waals surface area (Å²) in [4.78, 5) is 23.2. The molecule has 0 bridgehead atoms. The molecule has 0 aliphatic carbocycles. The van der Waals surface area contributed by atoms with E-state index in [1.54, 1.807) is 18.3 Å². The number of nitrogens with zero attached hydrogens (tertiary/aromatic N) is 1. The second-order valence-corrected chi connectivity index (χ2v) is 6.00. The first kappa shape index (κ1) is 19.4. The summed E-state index contributed by atoms with van der Waals surface area (Å²) >= 11 is 1.12. The van der Waals surface area contributed by atoms with Crippen molar-refractivity contribution in [2.45, 2.75) is 5.50 Å². The molecule has 1 saturated heterocycles. The van der Waals surface area contributed by atoms with Crippen molar-refractivity contribution in [3.63, 3.8) is 0 Å². The third-order valence-corrected chi connectivity index (χ3v) is 4.29. The Morgan fingerprint density at radius 1 is 1.19 bits per heavy atom. The van der Waals surface area contributed by atoms with Crippen LogP contribution in [0.2, 0.25) is 0 Å². The average molecular weight is 381 g/mol. The van der Waals surface area contributed by atoms with E-state index in [4.69, 9.17) is 14.2 Å². The molecule has 0 aromatic heterocycles. The van der Waals surface area contributed by atoms with E-state index >= 15 is 0 Å². The Hall–Kier alpha value is -2.88. The number of thioether (sulfide) groups is 1. The molecular formula is C16H19N3O6S. The predicted octanol–water partition coefficient (Wildman–Crippen LogP) is 0.839. The number of ether oxygens (including phenoxy) is 4. The van der Waals surface area contributed by atoms with Crippen LogP contribution in [0, 0.1) is 0 Å². The molecule has 1 aromatic rings. The van der Waals surface area contributed by atoms with Crippen molar-refractivity contribution in [3.05, 3.63) is 28.7 Å². The molecular weight excluding hydrogens is 362 g/mol. The topological polar surface area (TPSA) is 107 Å². The maximum absolute atomic E-state index is 11.8. The molecule has 2 rings (SSSR count). The number of hydrogen-bond donors (Lipinski definition) is 2. The molecule has 10 heteroatoms. The third-order valence-electron chi connectivity index (χ3n) is 3.27. The zero-order valence-corrected chi connectivity index (χ0v) is 15.5. The number of carbonyl (C=O) groups excluding carboxylic acids is 2. The second kappa shape index (κ2) is 8.99. The van der Waals surface area contributed by atoms with E-state index < -0.39 is 11.5 Å². The number of carbonyl (C=O) groups is 2. The molecule has 1 amide bonds. The van der Waals surface area contributed by atoms with E-state index in [2.05, 4.69) is 20.6 Å². The summed E-state index contributed by atoms with van der Waals surface area (Å²) in [6, 6.07) is 3.46. The van der Waals surface area contributed by atoms with Gasteiger partial charge in [0.15, 0.2) is 17.0 Å². The molecule has 1 aliphatic rings. The minimum Gasteiger partial charge on any atom is -0.493 e. The van der Waals surface area contributed by atoms with E-state index in [1.807, 2.05) is 0 Å². The smallest absolute Gasteiger partial charge is 0.331 e. The lowest BCUT2D eigenvalue weighted by Crippen LogP contribution is -2.34. The molecule has 26 heavy (non-hydrogen) atoms. The van der Waals surface area contributed by atoms with Crippen molar-refractivity contribution < 1.29 is 28.5 Å². The van der Waals surface area contributed by atoms with Gasteiger partial charge in [0, 0.05) is 11.6 Å². The van der Waals surface area contributed by atoms with Crippen LogP contribution in [-0.4, -0.2) is 52.0 Å². The van der Waals surface area contributed by atoms with Crippen LogP contribution in [0.1, 0.15) is 5.56 Å². The minimum atomic E-state index is -0.593. The molecule has 1 atom stereocenters. The quantitative estimate of drug-likeness (QED) is 0.310. The van der Waals surface area contributed by atoms with Crippen LogP contribution in [0.5, 0.6) is 17.2 Å². The number of hydrazone groups is 1. The Morgan fingerprint density at radius 2 is 1.85 bits per heavy atom. The SMILES string of the molecule is COC(=O)/C=C1\SC(N/N=C/c2cc(OC)c(OC)c(OC)c2)NC1=O. The fraction of sp³-hybridized carbons (Fsp3) is 0.312. The van der Waals surface area contributed by atoms with Gasteiger partial charge in [-0.1, -0.05) is 11.8 Å². The largest absolute Gasteiger partial charge is 0.493 e. The van der Waals surface area contributed by atoms with Gasteiger partial charge < -0.3 is 24.3 Å². The van der Waals surface area contributed by atoms with E-state index in [9.17, 15) is 9.59 Å². The Balaban J connectivity index is 2.06. The maximum atomic E-state index is 11.8. The van der Waals surface area contributed by atoms with Crippen molar-refractivity contribution in [3.8, 4) is 17.2 Å². The molecule has 2 N–H and O–H groups in total. The molecule has 1 unspecified atom stereocenters.